The van der Waals surface area contributed by atoms with Crippen LogP contribution in [-0.2, 0) is 4.79 Å². The predicted molar refractivity (Wildman–Crippen MR) is 51.0 cm³/mol. The molecule has 0 amide bonds. The molecule has 76 valence electrons. The van der Waals surface area contributed by atoms with E-state index >= 15 is 0 Å². The van der Waals surface area contributed by atoms with E-state index in [9.17, 15) is 14.0 Å². The Bertz CT molecular complexity index is 481. The molecule has 0 unspecified atom stereocenters. The maximum absolute atomic E-state index is 13.5. The zero-order valence-electron chi connectivity index (χ0n) is 7.87. The molecule has 0 radical (unpaired) electrons. The van der Waals surface area contributed by atoms with Crippen LogP contribution >= 0.6 is 0 Å². The van der Waals surface area contributed by atoms with Crippen molar-refractivity contribution in [2.75, 3.05) is 0 Å². The van der Waals surface area contributed by atoms with E-state index in [1.807, 2.05) is 0 Å². The zero-order chi connectivity index (χ0) is 11.4. The number of benzene rings is 1. The number of hydrogen-bond donors (Lipinski definition) is 1. The van der Waals surface area contributed by atoms with Crippen LogP contribution in [0.5, 0.6) is 0 Å². The second-order valence-corrected chi connectivity index (χ2v) is 2.83. The number of carboxylic acids is 1. The van der Waals surface area contributed by atoms with Gasteiger partial charge < -0.3 is 5.11 Å². The Hall–Kier alpha value is -2.15. The highest BCUT2D eigenvalue weighted by molar-refractivity contribution is 5.87. The number of hydrogen-bond acceptors (Lipinski definition) is 2. The van der Waals surface area contributed by atoms with Crippen LogP contribution in [0.25, 0.3) is 0 Å². The standard InChI is InChI=1S/C11H7FO3/c1-7-2-3-8(4-5-10(14)15)11(12)9(7)6-13/h2-3,6H,1H3,(H,14,15). The van der Waals surface area contributed by atoms with E-state index in [1.165, 1.54) is 12.1 Å². The molecule has 1 aromatic carbocycles. The number of carbonyl (C=O) groups is 2. The van der Waals surface area contributed by atoms with Gasteiger partial charge in [0.05, 0.1) is 11.1 Å². The van der Waals surface area contributed by atoms with Crippen molar-refractivity contribution in [1.82, 2.24) is 0 Å². The summed E-state index contributed by atoms with van der Waals surface area (Å²) in [6.07, 6.45) is 0.386. The van der Waals surface area contributed by atoms with E-state index in [4.69, 9.17) is 5.11 Å². The number of aryl methyl sites for hydroxylation is 1. The summed E-state index contributed by atoms with van der Waals surface area (Å²) in [5.41, 5.74) is 0.306. The maximum Gasteiger partial charge on any atom is 0.382 e. The van der Waals surface area contributed by atoms with Crippen LogP contribution in [0.1, 0.15) is 21.5 Å². The molecule has 3 nitrogen and oxygen atoms in total. The van der Waals surface area contributed by atoms with E-state index in [-0.39, 0.29) is 11.1 Å². The summed E-state index contributed by atoms with van der Waals surface area (Å²) in [6, 6.07) is 2.85. The van der Waals surface area contributed by atoms with Gasteiger partial charge in [-0.1, -0.05) is 12.0 Å². The average Bonchev–Trinajstić information content (AvgIpc) is 2.17. The van der Waals surface area contributed by atoms with Gasteiger partial charge in [-0.15, -0.1) is 0 Å². The van der Waals surface area contributed by atoms with Crippen LogP contribution in [0.3, 0.4) is 0 Å². The molecule has 1 aromatic rings. The van der Waals surface area contributed by atoms with Crippen LogP contribution in [0.15, 0.2) is 12.1 Å². The summed E-state index contributed by atoms with van der Waals surface area (Å²) in [7, 11) is 0. The van der Waals surface area contributed by atoms with Gasteiger partial charge in [0.25, 0.3) is 0 Å². The molecular weight excluding hydrogens is 199 g/mol. The largest absolute Gasteiger partial charge is 0.472 e. The highest BCUT2D eigenvalue weighted by atomic mass is 19.1. The molecule has 0 spiro atoms. The minimum atomic E-state index is -1.34. The van der Waals surface area contributed by atoms with Crippen molar-refractivity contribution in [3.63, 3.8) is 0 Å². The van der Waals surface area contributed by atoms with Gasteiger partial charge in [-0.05, 0) is 18.6 Å². The van der Waals surface area contributed by atoms with Gasteiger partial charge in [-0.3, -0.25) is 4.79 Å². The number of carboxylic acid groups (broad SMARTS) is 1. The zero-order valence-corrected chi connectivity index (χ0v) is 7.87. The number of aliphatic carboxylic acids is 1. The Labute approximate surface area is 85.5 Å². The van der Waals surface area contributed by atoms with Gasteiger partial charge in [0, 0.05) is 5.92 Å². The molecule has 0 aliphatic heterocycles. The minimum absolute atomic E-state index is 0.0906. The molecule has 15 heavy (non-hydrogen) atoms. The maximum atomic E-state index is 13.5. The average molecular weight is 206 g/mol. The lowest BCUT2D eigenvalue weighted by Crippen LogP contribution is -1.96. The first-order chi connectivity index (χ1) is 7.06. The van der Waals surface area contributed by atoms with Crippen molar-refractivity contribution in [3.8, 4) is 11.8 Å². The van der Waals surface area contributed by atoms with Crippen molar-refractivity contribution in [2.24, 2.45) is 0 Å². The van der Waals surface area contributed by atoms with Crippen LogP contribution < -0.4 is 0 Å². The molecule has 1 N–H and O–H groups in total. The van der Waals surface area contributed by atoms with Crippen molar-refractivity contribution < 1.29 is 19.1 Å². The van der Waals surface area contributed by atoms with Crippen molar-refractivity contribution in [2.45, 2.75) is 6.92 Å². The second kappa shape index (κ2) is 4.38. The SMILES string of the molecule is Cc1ccc(C#CC(=O)O)c(F)c1C=O. The van der Waals surface area contributed by atoms with Crippen molar-refractivity contribution in [1.29, 1.82) is 0 Å². The molecule has 4 heteroatoms. The lowest BCUT2D eigenvalue weighted by atomic mass is 10.1. The fourth-order valence-corrected chi connectivity index (χ4v) is 1.05. The summed E-state index contributed by atoms with van der Waals surface area (Å²) in [4.78, 5) is 20.7. The van der Waals surface area contributed by atoms with E-state index in [2.05, 4.69) is 5.92 Å². The lowest BCUT2D eigenvalue weighted by Gasteiger charge is -2.01. The molecule has 0 saturated carbocycles. The minimum Gasteiger partial charge on any atom is -0.472 e. The highest BCUT2D eigenvalue weighted by Crippen LogP contribution is 2.14. The highest BCUT2D eigenvalue weighted by Gasteiger charge is 2.08. The van der Waals surface area contributed by atoms with Crippen LogP contribution in [0.2, 0.25) is 0 Å². The summed E-state index contributed by atoms with van der Waals surface area (Å²) in [6.45, 7) is 1.58. The van der Waals surface area contributed by atoms with Crippen LogP contribution in [-0.4, -0.2) is 17.4 Å². The number of halogens is 1. The summed E-state index contributed by atoms with van der Waals surface area (Å²) < 4.78 is 13.5. The van der Waals surface area contributed by atoms with E-state index in [0.717, 1.165) is 0 Å². The van der Waals surface area contributed by atoms with Gasteiger partial charge in [0.1, 0.15) is 5.82 Å². The Morgan fingerprint density at radius 3 is 2.73 bits per heavy atom. The van der Waals surface area contributed by atoms with E-state index < -0.39 is 11.8 Å². The Morgan fingerprint density at radius 2 is 2.20 bits per heavy atom. The monoisotopic (exact) mass is 206 g/mol. The molecule has 0 aromatic heterocycles. The quantitative estimate of drug-likeness (QED) is 0.558. The topological polar surface area (TPSA) is 54.4 Å². The summed E-state index contributed by atoms with van der Waals surface area (Å²) in [5.74, 6) is 1.79. The molecule has 0 atom stereocenters. The Balaban J connectivity index is 3.30. The second-order valence-electron chi connectivity index (χ2n) is 2.83. The molecule has 0 heterocycles. The number of aldehydes is 1. The molecule has 0 bridgehead atoms. The van der Waals surface area contributed by atoms with Gasteiger partial charge in [0.2, 0.25) is 0 Å². The fraction of sp³-hybridized carbons (Fsp3) is 0.0909. The normalized spacial score (nSPS) is 8.93. The van der Waals surface area contributed by atoms with Crippen LogP contribution in [0.4, 0.5) is 4.39 Å². The van der Waals surface area contributed by atoms with E-state index in [0.29, 0.717) is 11.8 Å². The van der Waals surface area contributed by atoms with Gasteiger partial charge in [-0.2, -0.15) is 0 Å². The first-order valence-electron chi connectivity index (χ1n) is 4.05. The molecule has 0 aliphatic rings. The summed E-state index contributed by atoms with van der Waals surface area (Å²) in [5, 5.41) is 8.28. The van der Waals surface area contributed by atoms with Gasteiger partial charge in [-0.25, -0.2) is 9.18 Å². The first-order valence-corrected chi connectivity index (χ1v) is 4.05. The third kappa shape index (κ3) is 2.41. The number of rotatable bonds is 1. The molecule has 0 saturated heterocycles. The van der Waals surface area contributed by atoms with E-state index in [1.54, 1.807) is 12.8 Å². The van der Waals surface area contributed by atoms with Gasteiger partial charge in [0.15, 0.2) is 6.29 Å². The fourth-order valence-electron chi connectivity index (χ4n) is 1.05. The molecule has 1 rings (SSSR count). The summed E-state index contributed by atoms with van der Waals surface area (Å²) >= 11 is 0. The first kappa shape index (κ1) is 10.9. The molecular formula is C11H7FO3. The Morgan fingerprint density at radius 1 is 1.53 bits per heavy atom. The van der Waals surface area contributed by atoms with Crippen LogP contribution in [0, 0.1) is 24.6 Å². The molecule has 0 fully saturated rings. The van der Waals surface area contributed by atoms with Crippen molar-refractivity contribution >= 4 is 12.3 Å². The molecule has 0 aliphatic carbocycles. The Kier molecular flexibility index (Phi) is 3.19. The lowest BCUT2D eigenvalue weighted by molar-refractivity contribution is -0.130. The third-order valence-electron chi connectivity index (χ3n) is 1.82. The number of carbonyl (C=O) groups excluding carboxylic acids is 1. The smallest absolute Gasteiger partial charge is 0.382 e. The van der Waals surface area contributed by atoms with Gasteiger partial charge >= 0.3 is 5.97 Å². The predicted octanol–water partition coefficient (Wildman–Crippen LogP) is 1.38. The third-order valence-corrected chi connectivity index (χ3v) is 1.82. The van der Waals surface area contributed by atoms with Crippen molar-refractivity contribution in [3.05, 3.63) is 34.6 Å².